The van der Waals surface area contributed by atoms with Crippen molar-refractivity contribution >= 4 is 40.2 Å². The Kier molecular flexibility index (Phi) is 6.14. The van der Waals surface area contributed by atoms with Gasteiger partial charge in [0.05, 0.1) is 12.2 Å². The van der Waals surface area contributed by atoms with Crippen LogP contribution in [0.4, 0.5) is 0 Å². The minimum Gasteiger partial charge on any atom is -0.486 e. The molecule has 0 saturated heterocycles. The van der Waals surface area contributed by atoms with Crippen molar-refractivity contribution in [3.05, 3.63) is 80.3 Å². The third-order valence-electron chi connectivity index (χ3n) is 3.89. The van der Waals surface area contributed by atoms with Crippen LogP contribution in [0.5, 0.6) is 5.75 Å². The van der Waals surface area contributed by atoms with Crippen LogP contribution in [0, 0.1) is 0 Å². The first-order chi connectivity index (χ1) is 14.2. The summed E-state index contributed by atoms with van der Waals surface area (Å²) in [7, 11) is 0. The van der Waals surface area contributed by atoms with Gasteiger partial charge in [0.25, 0.3) is 5.91 Å². The lowest BCUT2D eigenvalue weighted by molar-refractivity contribution is 0.0946. The second-order valence-corrected chi connectivity index (χ2v) is 8.24. The van der Waals surface area contributed by atoms with Crippen LogP contribution in [0.1, 0.15) is 20.5 Å². The van der Waals surface area contributed by atoms with E-state index in [2.05, 4.69) is 20.3 Å². The molecule has 0 radical (unpaired) electrons. The van der Waals surface area contributed by atoms with Gasteiger partial charge in [-0.25, -0.2) is 9.97 Å². The maximum Gasteiger partial charge on any atom is 0.271 e. The molecule has 146 valence electrons. The maximum atomic E-state index is 12.4. The van der Waals surface area contributed by atoms with Gasteiger partial charge in [0.15, 0.2) is 0 Å². The number of benzene rings is 1. The quantitative estimate of drug-likeness (QED) is 0.443. The second-order valence-electron chi connectivity index (χ2n) is 5.91. The second kappa shape index (κ2) is 9.13. The number of carbonyl (C=O) groups is 1. The molecule has 9 heteroatoms. The predicted molar refractivity (Wildman–Crippen MR) is 114 cm³/mol. The summed E-state index contributed by atoms with van der Waals surface area (Å²) in [6, 6.07) is 10.9. The van der Waals surface area contributed by atoms with Gasteiger partial charge in [-0.15, -0.1) is 22.7 Å². The van der Waals surface area contributed by atoms with Gasteiger partial charge >= 0.3 is 0 Å². The van der Waals surface area contributed by atoms with E-state index in [0.29, 0.717) is 29.6 Å². The fourth-order valence-corrected chi connectivity index (χ4v) is 4.01. The number of nitrogens with one attached hydrogen (secondary N) is 1. The Hall–Kier alpha value is -2.81. The number of pyridine rings is 1. The number of nitrogens with zero attached hydrogens (tertiary/aromatic N) is 3. The van der Waals surface area contributed by atoms with Crippen molar-refractivity contribution in [2.45, 2.75) is 13.2 Å². The van der Waals surface area contributed by atoms with Gasteiger partial charge in [-0.05, 0) is 36.4 Å². The van der Waals surface area contributed by atoms with E-state index < -0.39 is 0 Å². The monoisotopic (exact) mass is 442 g/mol. The highest BCUT2D eigenvalue weighted by atomic mass is 35.5. The van der Waals surface area contributed by atoms with Crippen molar-refractivity contribution in [2.75, 3.05) is 0 Å². The van der Waals surface area contributed by atoms with E-state index in [1.54, 1.807) is 42.0 Å². The molecule has 0 spiro atoms. The Morgan fingerprint density at radius 2 is 1.76 bits per heavy atom. The number of amides is 1. The largest absolute Gasteiger partial charge is 0.486 e. The highest BCUT2D eigenvalue weighted by Gasteiger charge is 2.12. The number of hydrogen-bond acceptors (Lipinski definition) is 7. The fraction of sp³-hybridized carbons (Fsp3) is 0.100. The maximum absolute atomic E-state index is 12.4. The molecule has 0 aliphatic heterocycles. The Morgan fingerprint density at radius 1 is 1.00 bits per heavy atom. The van der Waals surface area contributed by atoms with Crippen LogP contribution in [0.25, 0.3) is 11.3 Å². The van der Waals surface area contributed by atoms with Gasteiger partial charge in [-0.3, -0.25) is 9.78 Å². The zero-order chi connectivity index (χ0) is 20.1. The van der Waals surface area contributed by atoms with Crippen LogP contribution in [-0.2, 0) is 13.2 Å². The molecule has 3 heterocycles. The summed E-state index contributed by atoms with van der Waals surface area (Å²) in [4.78, 5) is 25.3. The molecule has 6 nitrogen and oxygen atoms in total. The van der Waals surface area contributed by atoms with E-state index in [0.717, 1.165) is 21.3 Å². The van der Waals surface area contributed by atoms with E-state index in [1.165, 1.54) is 22.7 Å². The summed E-state index contributed by atoms with van der Waals surface area (Å²) in [5.74, 6) is 0.462. The van der Waals surface area contributed by atoms with Gasteiger partial charge in [-0.1, -0.05) is 11.6 Å². The Bertz CT molecular complexity index is 1100. The highest BCUT2D eigenvalue weighted by molar-refractivity contribution is 7.10. The molecule has 1 amide bonds. The summed E-state index contributed by atoms with van der Waals surface area (Å²) in [6.45, 7) is 0.643. The normalized spacial score (nSPS) is 10.7. The molecule has 0 unspecified atom stereocenters. The number of halogens is 1. The predicted octanol–water partition coefficient (Wildman–Crippen LogP) is 4.82. The SMILES string of the molecule is O=C(NCc1nc(-c2ccncc2)cs1)c1csc(COc2ccc(Cl)cc2)n1. The number of aromatic nitrogens is 3. The molecule has 4 aromatic rings. The third kappa shape index (κ3) is 5.17. The minimum atomic E-state index is -0.236. The van der Waals surface area contributed by atoms with Crippen LogP contribution in [0.15, 0.2) is 59.6 Å². The molecule has 0 atom stereocenters. The first-order valence-corrected chi connectivity index (χ1v) is 10.8. The third-order valence-corrected chi connectivity index (χ3v) is 5.81. The topological polar surface area (TPSA) is 77.0 Å². The Labute approximate surface area is 180 Å². The molecule has 0 fully saturated rings. The van der Waals surface area contributed by atoms with E-state index in [-0.39, 0.29) is 5.91 Å². The number of rotatable bonds is 7. The van der Waals surface area contributed by atoms with Crippen molar-refractivity contribution in [2.24, 2.45) is 0 Å². The van der Waals surface area contributed by atoms with Crippen LogP contribution in [-0.4, -0.2) is 20.9 Å². The molecule has 3 aromatic heterocycles. The molecule has 0 aliphatic carbocycles. The molecule has 0 aliphatic rings. The zero-order valence-corrected chi connectivity index (χ0v) is 17.4. The number of thiazole rings is 2. The van der Waals surface area contributed by atoms with Crippen molar-refractivity contribution in [1.82, 2.24) is 20.3 Å². The molecular weight excluding hydrogens is 428 g/mol. The smallest absolute Gasteiger partial charge is 0.271 e. The number of carbonyl (C=O) groups excluding carboxylic acids is 1. The summed E-state index contributed by atoms with van der Waals surface area (Å²) in [5, 5.41) is 8.74. The first kappa shape index (κ1) is 19.5. The molecule has 0 bridgehead atoms. The summed E-state index contributed by atoms with van der Waals surface area (Å²) < 4.78 is 5.66. The number of ether oxygens (including phenoxy) is 1. The molecule has 1 N–H and O–H groups in total. The average Bonchev–Trinajstić information content (AvgIpc) is 3.42. The Balaban J connectivity index is 1.30. The highest BCUT2D eigenvalue weighted by Crippen LogP contribution is 2.21. The van der Waals surface area contributed by atoms with Crippen LogP contribution >= 0.6 is 34.3 Å². The van der Waals surface area contributed by atoms with Crippen molar-refractivity contribution in [3.8, 4) is 17.0 Å². The van der Waals surface area contributed by atoms with Gasteiger partial charge in [0.1, 0.15) is 28.1 Å². The van der Waals surface area contributed by atoms with Crippen LogP contribution in [0.3, 0.4) is 0 Å². The van der Waals surface area contributed by atoms with Gasteiger partial charge < -0.3 is 10.1 Å². The molecular formula is C20H15ClN4O2S2. The van der Waals surface area contributed by atoms with Crippen molar-refractivity contribution in [1.29, 1.82) is 0 Å². The van der Waals surface area contributed by atoms with Crippen molar-refractivity contribution < 1.29 is 9.53 Å². The molecule has 4 rings (SSSR count). The zero-order valence-electron chi connectivity index (χ0n) is 15.0. The summed E-state index contributed by atoms with van der Waals surface area (Å²) in [6.07, 6.45) is 3.46. The standard InChI is InChI=1S/C20H15ClN4O2S2/c21-14-1-3-15(4-2-14)27-10-19-25-17(12-29-19)20(26)23-9-18-24-16(11-28-18)13-5-7-22-8-6-13/h1-8,11-12H,9-10H2,(H,23,26). The van der Waals surface area contributed by atoms with E-state index in [9.17, 15) is 4.79 Å². The van der Waals surface area contributed by atoms with E-state index in [4.69, 9.17) is 16.3 Å². The van der Waals surface area contributed by atoms with Crippen LogP contribution in [0.2, 0.25) is 5.02 Å². The molecule has 0 saturated carbocycles. The van der Waals surface area contributed by atoms with Crippen molar-refractivity contribution in [3.63, 3.8) is 0 Å². The van der Waals surface area contributed by atoms with Gasteiger partial charge in [0.2, 0.25) is 0 Å². The lowest BCUT2D eigenvalue weighted by Gasteiger charge is -2.03. The minimum absolute atomic E-state index is 0.236. The van der Waals surface area contributed by atoms with E-state index >= 15 is 0 Å². The lowest BCUT2D eigenvalue weighted by atomic mass is 10.2. The van der Waals surface area contributed by atoms with Gasteiger partial charge in [-0.2, -0.15) is 0 Å². The Morgan fingerprint density at radius 3 is 2.55 bits per heavy atom. The molecule has 1 aromatic carbocycles. The van der Waals surface area contributed by atoms with E-state index in [1.807, 2.05) is 17.5 Å². The van der Waals surface area contributed by atoms with Crippen LogP contribution < -0.4 is 10.1 Å². The number of hydrogen-bond donors (Lipinski definition) is 1. The van der Waals surface area contributed by atoms with Gasteiger partial charge in [0, 0.05) is 33.7 Å². The first-order valence-electron chi connectivity index (χ1n) is 8.63. The fourth-order valence-electron chi connectivity index (χ4n) is 2.45. The lowest BCUT2D eigenvalue weighted by Crippen LogP contribution is -2.23. The summed E-state index contributed by atoms with van der Waals surface area (Å²) >= 11 is 8.74. The molecule has 29 heavy (non-hydrogen) atoms. The average molecular weight is 443 g/mol. The summed E-state index contributed by atoms with van der Waals surface area (Å²) in [5.41, 5.74) is 2.24.